The molecule has 7 heteroatoms. The number of carboxylic acid groups (broad SMARTS) is 1. The highest BCUT2D eigenvalue weighted by Gasteiger charge is 2.30. The van der Waals surface area contributed by atoms with Crippen LogP contribution in [0.4, 0.5) is 0 Å². The Morgan fingerprint density at radius 2 is 2.09 bits per heavy atom. The van der Waals surface area contributed by atoms with Crippen LogP contribution in [-0.2, 0) is 11.2 Å². The number of aliphatic carboxylic acids is 1. The first kappa shape index (κ1) is 25.8. The fourth-order valence-electron chi connectivity index (χ4n) is 5.12. The van der Waals surface area contributed by atoms with Gasteiger partial charge in [0.2, 0.25) is 0 Å². The van der Waals surface area contributed by atoms with E-state index in [1.165, 1.54) is 5.56 Å². The number of nitrogens with zero attached hydrogens (tertiary/aromatic N) is 2. The first-order chi connectivity index (χ1) is 17.0. The van der Waals surface area contributed by atoms with Gasteiger partial charge in [0.05, 0.1) is 17.6 Å². The molecule has 0 radical (unpaired) electrons. The van der Waals surface area contributed by atoms with Crippen LogP contribution in [-0.4, -0.2) is 53.5 Å². The van der Waals surface area contributed by atoms with Gasteiger partial charge < -0.3 is 14.7 Å². The van der Waals surface area contributed by atoms with Gasteiger partial charge in [0.15, 0.2) is 0 Å². The Balaban J connectivity index is 1.31. The summed E-state index contributed by atoms with van der Waals surface area (Å²) in [7, 11) is 1.68. The Labute approximate surface area is 216 Å². The van der Waals surface area contributed by atoms with Crippen molar-refractivity contribution in [3.05, 3.63) is 65.3 Å². The van der Waals surface area contributed by atoms with Crippen molar-refractivity contribution in [2.24, 2.45) is 11.8 Å². The number of pyridine rings is 1. The molecular formula is C28H33ClN2O3S. The van der Waals surface area contributed by atoms with Crippen molar-refractivity contribution >= 4 is 40.2 Å². The van der Waals surface area contributed by atoms with Gasteiger partial charge in [0, 0.05) is 41.7 Å². The molecule has 1 N–H and O–H groups in total. The van der Waals surface area contributed by atoms with Gasteiger partial charge in [-0.25, -0.2) is 0 Å². The zero-order valence-corrected chi connectivity index (χ0v) is 21.7. The number of likely N-dealkylation sites (tertiary alicyclic amines) is 1. The minimum atomic E-state index is -0.695. The molecule has 186 valence electrons. The van der Waals surface area contributed by atoms with E-state index < -0.39 is 5.97 Å². The molecule has 1 fully saturated rings. The van der Waals surface area contributed by atoms with E-state index in [4.69, 9.17) is 16.3 Å². The van der Waals surface area contributed by atoms with Crippen LogP contribution < -0.4 is 4.74 Å². The molecule has 1 aliphatic rings. The number of halogens is 1. The molecule has 5 nitrogen and oxygen atoms in total. The quantitative estimate of drug-likeness (QED) is 0.299. The summed E-state index contributed by atoms with van der Waals surface area (Å²) in [6.45, 7) is 2.83. The normalized spacial score (nSPS) is 18.6. The molecule has 0 aliphatic carbocycles. The number of piperidine rings is 1. The maximum atomic E-state index is 11.6. The van der Waals surface area contributed by atoms with E-state index in [1.807, 2.05) is 36.5 Å². The van der Waals surface area contributed by atoms with Crippen LogP contribution in [0.3, 0.4) is 0 Å². The second-order valence-corrected chi connectivity index (χ2v) is 10.8. The van der Waals surface area contributed by atoms with Crippen LogP contribution in [0.5, 0.6) is 5.75 Å². The number of aromatic nitrogens is 1. The SMILES string of the molecule is COc1ccc2nccc(CCC[C@@H]3CCN(CCSc4ccccc4Cl)C[C@@H]3CC(=O)O)c2c1. The van der Waals surface area contributed by atoms with E-state index >= 15 is 0 Å². The number of carboxylic acids is 1. The molecule has 0 saturated carbocycles. The third-order valence-corrected chi connectivity index (χ3v) is 8.47. The summed E-state index contributed by atoms with van der Waals surface area (Å²) in [4.78, 5) is 19.6. The van der Waals surface area contributed by atoms with Gasteiger partial charge in [-0.2, -0.15) is 0 Å². The third-order valence-electron chi connectivity index (χ3n) is 6.97. The Bertz CT molecular complexity index is 1140. The molecular weight excluding hydrogens is 480 g/mol. The summed E-state index contributed by atoms with van der Waals surface area (Å²) >= 11 is 8.04. The second-order valence-electron chi connectivity index (χ2n) is 9.23. The predicted octanol–water partition coefficient (Wildman–Crippen LogP) is 6.42. The molecule has 2 aromatic carbocycles. The second kappa shape index (κ2) is 12.6. The summed E-state index contributed by atoms with van der Waals surface area (Å²) in [6, 6.07) is 16.0. The van der Waals surface area contributed by atoms with Crippen LogP contribution in [0.2, 0.25) is 5.02 Å². The standard InChI is InChI=1S/C28H33ClN2O3S/c1-34-23-9-10-26-24(18-23)21(11-13-30-26)6-4-5-20-12-14-31(19-22(20)17-28(32)33)15-16-35-27-8-3-2-7-25(27)29/h2-3,7-11,13,18,20,22H,4-6,12,14-17,19H2,1H3,(H,32,33)/t20-,22+/m1/s1. The Hall–Kier alpha value is -2.28. The molecule has 0 unspecified atom stereocenters. The van der Waals surface area contributed by atoms with Gasteiger partial charge in [-0.1, -0.05) is 23.7 Å². The molecule has 4 rings (SSSR count). The van der Waals surface area contributed by atoms with Gasteiger partial charge in [-0.15, -0.1) is 11.8 Å². The smallest absolute Gasteiger partial charge is 0.303 e. The van der Waals surface area contributed by atoms with Crippen molar-refractivity contribution in [1.82, 2.24) is 9.88 Å². The highest BCUT2D eigenvalue weighted by Crippen LogP contribution is 2.32. The summed E-state index contributed by atoms with van der Waals surface area (Å²) in [5, 5.41) is 11.5. The number of benzene rings is 2. The van der Waals surface area contributed by atoms with Crippen molar-refractivity contribution in [1.29, 1.82) is 0 Å². The van der Waals surface area contributed by atoms with Crippen LogP contribution in [0.25, 0.3) is 10.9 Å². The maximum absolute atomic E-state index is 11.6. The number of hydrogen-bond acceptors (Lipinski definition) is 5. The lowest BCUT2D eigenvalue weighted by Gasteiger charge is -2.38. The van der Waals surface area contributed by atoms with Crippen molar-refractivity contribution in [2.75, 3.05) is 32.5 Å². The van der Waals surface area contributed by atoms with Gasteiger partial charge >= 0.3 is 5.97 Å². The number of thioether (sulfide) groups is 1. The van der Waals surface area contributed by atoms with E-state index in [0.29, 0.717) is 5.92 Å². The number of rotatable bonds is 11. The molecule has 3 aromatic rings. The average Bonchev–Trinajstić information content (AvgIpc) is 2.86. The van der Waals surface area contributed by atoms with E-state index in [-0.39, 0.29) is 12.3 Å². The zero-order valence-electron chi connectivity index (χ0n) is 20.2. The average molecular weight is 513 g/mol. The number of carbonyl (C=O) groups is 1. The molecule has 1 aliphatic heterocycles. The molecule has 35 heavy (non-hydrogen) atoms. The van der Waals surface area contributed by atoms with E-state index in [2.05, 4.69) is 28.1 Å². The fraction of sp³-hybridized carbons (Fsp3) is 0.429. The minimum Gasteiger partial charge on any atom is -0.497 e. The first-order valence-electron chi connectivity index (χ1n) is 12.3. The molecule has 1 saturated heterocycles. The van der Waals surface area contributed by atoms with Crippen LogP contribution >= 0.6 is 23.4 Å². The van der Waals surface area contributed by atoms with Gasteiger partial charge in [0.25, 0.3) is 0 Å². The van der Waals surface area contributed by atoms with Crippen LogP contribution in [0.15, 0.2) is 59.6 Å². The largest absolute Gasteiger partial charge is 0.497 e. The topological polar surface area (TPSA) is 62.7 Å². The number of ether oxygens (including phenoxy) is 1. The molecule has 2 heterocycles. The molecule has 1 aromatic heterocycles. The number of hydrogen-bond donors (Lipinski definition) is 1. The summed E-state index contributed by atoms with van der Waals surface area (Å²) < 4.78 is 5.40. The van der Waals surface area contributed by atoms with Crippen LogP contribution in [0, 0.1) is 11.8 Å². The van der Waals surface area contributed by atoms with E-state index in [1.54, 1.807) is 18.9 Å². The number of aryl methyl sites for hydroxylation is 1. The lowest BCUT2D eigenvalue weighted by atomic mass is 9.80. The summed E-state index contributed by atoms with van der Waals surface area (Å²) in [6.07, 6.45) is 6.22. The Morgan fingerprint density at radius 1 is 1.23 bits per heavy atom. The monoisotopic (exact) mass is 512 g/mol. The Kier molecular flexibility index (Phi) is 9.30. The predicted molar refractivity (Wildman–Crippen MR) is 144 cm³/mol. The van der Waals surface area contributed by atoms with Crippen molar-refractivity contribution in [2.45, 2.75) is 37.0 Å². The zero-order chi connectivity index (χ0) is 24.6. The third kappa shape index (κ3) is 7.12. The number of fused-ring (bicyclic) bond motifs is 1. The number of methoxy groups -OCH3 is 1. The van der Waals surface area contributed by atoms with E-state index in [9.17, 15) is 9.90 Å². The molecule has 0 amide bonds. The minimum absolute atomic E-state index is 0.195. The summed E-state index contributed by atoms with van der Waals surface area (Å²) in [5.74, 6) is 1.74. The van der Waals surface area contributed by atoms with Crippen molar-refractivity contribution in [3.8, 4) is 5.75 Å². The highest BCUT2D eigenvalue weighted by atomic mass is 35.5. The van der Waals surface area contributed by atoms with Gasteiger partial charge in [0.1, 0.15) is 5.75 Å². The van der Waals surface area contributed by atoms with Crippen LogP contribution in [0.1, 0.15) is 31.2 Å². The summed E-state index contributed by atoms with van der Waals surface area (Å²) in [5.41, 5.74) is 2.26. The van der Waals surface area contributed by atoms with Gasteiger partial charge in [-0.3, -0.25) is 9.78 Å². The highest BCUT2D eigenvalue weighted by molar-refractivity contribution is 7.99. The first-order valence-corrected chi connectivity index (χ1v) is 13.6. The molecule has 0 spiro atoms. The maximum Gasteiger partial charge on any atom is 0.303 e. The lowest BCUT2D eigenvalue weighted by molar-refractivity contribution is -0.139. The van der Waals surface area contributed by atoms with E-state index in [0.717, 1.165) is 77.6 Å². The fourth-order valence-corrected chi connectivity index (χ4v) is 6.37. The molecule has 2 atom stereocenters. The lowest BCUT2D eigenvalue weighted by Crippen LogP contribution is -2.42. The van der Waals surface area contributed by atoms with Crippen molar-refractivity contribution in [3.63, 3.8) is 0 Å². The molecule has 0 bridgehead atoms. The van der Waals surface area contributed by atoms with Crippen molar-refractivity contribution < 1.29 is 14.6 Å². The Morgan fingerprint density at radius 3 is 2.89 bits per heavy atom. The van der Waals surface area contributed by atoms with Gasteiger partial charge in [-0.05, 0) is 86.0 Å².